The lowest BCUT2D eigenvalue weighted by molar-refractivity contribution is 0.628. The third kappa shape index (κ3) is 3.25. The number of anilines is 1. The lowest BCUT2D eigenvalue weighted by Gasteiger charge is -2.06. The topological polar surface area (TPSA) is 12.0 Å². The fraction of sp³-hybridized carbons (Fsp3) is 0.111. The van der Waals surface area contributed by atoms with Crippen LogP contribution in [0.1, 0.15) is 0 Å². The van der Waals surface area contributed by atoms with E-state index in [1.807, 2.05) is 0 Å². The molecule has 1 aromatic carbocycles. The molecule has 1 N–H and O–H groups in total. The van der Waals surface area contributed by atoms with E-state index < -0.39 is 0 Å². The summed E-state index contributed by atoms with van der Waals surface area (Å²) in [4.78, 5) is 0. The van der Waals surface area contributed by atoms with E-state index in [9.17, 15) is 4.39 Å². The normalized spacial score (nSPS) is 9.77. The van der Waals surface area contributed by atoms with Crippen LogP contribution in [0.3, 0.4) is 0 Å². The summed E-state index contributed by atoms with van der Waals surface area (Å²) in [6, 6.07) is 4.08. The summed E-state index contributed by atoms with van der Waals surface area (Å²) in [5, 5.41) is 3.75. The minimum atomic E-state index is -0.341. The second-order valence-corrected chi connectivity index (χ2v) is 3.44. The van der Waals surface area contributed by atoms with Crippen LogP contribution in [0.15, 0.2) is 29.8 Å². The maximum atomic E-state index is 12.7. The number of hydrogen-bond donors (Lipinski definition) is 1. The van der Waals surface area contributed by atoms with Gasteiger partial charge in [-0.15, -0.1) is 0 Å². The zero-order valence-electron chi connectivity index (χ0n) is 6.78. The van der Waals surface area contributed by atoms with Crippen molar-refractivity contribution in [1.29, 1.82) is 0 Å². The number of benzene rings is 1. The summed E-state index contributed by atoms with van der Waals surface area (Å²) in [6.07, 6.45) is 0. The van der Waals surface area contributed by atoms with Crippen molar-refractivity contribution in [3.05, 3.63) is 40.7 Å². The van der Waals surface area contributed by atoms with Gasteiger partial charge in [-0.2, -0.15) is 0 Å². The third-order valence-corrected chi connectivity index (χ3v) is 1.86. The van der Waals surface area contributed by atoms with Crippen LogP contribution in [-0.4, -0.2) is 6.54 Å². The van der Waals surface area contributed by atoms with Gasteiger partial charge in [0, 0.05) is 5.03 Å². The number of rotatable bonds is 3. The molecule has 1 rings (SSSR count). The molecule has 70 valence electrons. The number of halogens is 3. The van der Waals surface area contributed by atoms with E-state index in [0.29, 0.717) is 22.3 Å². The smallest absolute Gasteiger partial charge is 0.125 e. The molecule has 0 amide bonds. The molecule has 4 heteroatoms. The summed E-state index contributed by atoms with van der Waals surface area (Å²) in [5.41, 5.74) is 0.517. The highest BCUT2D eigenvalue weighted by Crippen LogP contribution is 2.22. The van der Waals surface area contributed by atoms with Crippen LogP contribution in [-0.2, 0) is 0 Å². The van der Waals surface area contributed by atoms with Gasteiger partial charge < -0.3 is 5.32 Å². The molecule has 0 aliphatic heterocycles. The minimum absolute atomic E-state index is 0.341. The SMILES string of the molecule is C=C(Cl)CNc1cc(F)ccc1Cl. The Morgan fingerprint density at radius 3 is 2.85 bits per heavy atom. The second-order valence-electron chi connectivity index (χ2n) is 2.49. The maximum Gasteiger partial charge on any atom is 0.125 e. The van der Waals surface area contributed by atoms with Crippen LogP contribution in [0.2, 0.25) is 5.02 Å². The highest BCUT2D eigenvalue weighted by atomic mass is 35.5. The van der Waals surface area contributed by atoms with Crippen molar-refractivity contribution < 1.29 is 4.39 Å². The molecule has 0 radical (unpaired) electrons. The van der Waals surface area contributed by atoms with Gasteiger partial charge in [-0.1, -0.05) is 29.8 Å². The zero-order valence-corrected chi connectivity index (χ0v) is 8.29. The summed E-state index contributed by atoms with van der Waals surface area (Å²) < 4.78 is 12.7. The van der Waals surface area contributed by atoms with Crippen LogP contribution in [0.25, 0.3) is 0 Å². The van der Waals surface area contributed by atoms with Crippen molar-refractivity contribution in [3.63, 3.8) is 0 Å². The quantitative estimate of drug-likeness (QED) is 0.819. The highest BCUT2D eigenvalue weighted by molar-refractivity contribution is 6.33. The molecule has 0 aliphatic rings. The van der Waals surface area contributed by atoms with Crippen molar-refractivity contribution in [1.82, 2.24) is 0 Å². The Kier molecular flexibility index (Phi) is 3.58. The molecule has 0 heterocycles. The molecule has 0 aromatic heterocycles. The summed E-state index contributed by atoms with van der Waals surface area (Å²) in [6.45, 7) is 3.85. The van der Waals surface area contributed by atoms with Gasteiger partial charge in [-0.05, 0) is 18.2 Å². The van der Waals surface area contributed by atoms with Crippen LogP contribution in [0, 0.1) is 5.82 Å². The maximum absolute atomic E-state index is 12.7. The summed E-state index contributed by atoms with van der Waals surface area (Å²) in [7, 11) is 0. The van der Waals surface area contributed by atoms with E-state index in [-0.39, 0.29) is 5.82 Å². The van der Waals surface area contributed by atoms with Gasteiger partial charge in [0.1, 0.15) is 5.82 Å². The Morgan fingerprint density at radius 2 is 2.23 bits per heavy atom. The van der Waals surface area contributed by atoms with Gasteiger partial charge in [0.15, 0.2) is 0 Å². The third-order valence-electron chi connectivity index (χ3n) is 1.40. The van der Waals surface area contributed by atoms with Crippen LogP contribution < -0.4 is 5.32 Å². The molecule has 0 atom stereocenters. The lowest BCUT2D eigenvalue weighted by Crippen LogP contribution is -2.01. The molecular weight excluding hydrogens is 212 g/mol. The first-order valence-electron chi connectivity index (χ1n) is 3.62. The minimum Gasteiger partial charge on any atom is -0.379 e. The Balaban J connectivity index is 2.75. The fourth-order valence-electron chi connectivity index (χ4n) is 0.824. The standard InChI is InChI=1S/C9H8Cl2FN/c1-6(10)5-13-9-4-7(12)2-3-8(9)11/h2-4,13H,1,5H2. The molecule has 13 heavy (non-hydrogen) atoms. The average molecular weight is 220 g/mol. The van der Waals surface area contributed by atoms with Crippen molar-refractivity contribution in [2.24, 2.45) is 0 Å². The zero-order chi connectivity index (χ0) is 9.84. The fourth-order valence-corrected chi connectivity index (χ4v) is 1.08. The van der Waals surface area contributed by atoms with E-state index in [2.05, 4.69) is 11.9 Å². The molecule has 1 aromatic rings. The molecule has 0 fully saturated rings. The summed E-state index contributed by atoms with van der Waals surface area (Å²) in [5.74, 6) is -0.341. The van der Waals surface area contributed by atoms with Crippen LogP contribution in [0.5, 0.6) is 0 Å². The van der Waals surface area contributed by atoms with E-state index in [1.165, 1.54) is 18.2 Å². The van der Waals surface area contributed by atoms with Gasteiger partial charge in [-0.3, -0.25) is 0 Å². The van der Waals surface area contributed by atoms with Gasteiger partial charge in [0.25, 0.3) is 0 Å². The Hall–Kier alpha value is -0.730. The van der Waals surface area contributed by atoms with E-state index >= 15 is 0 Å². The molecule has 0 saturated carbocycles. The van der Waals surface area contributed by atoms with Crippen molar-refractivity contribution in [3.8, 4) is 0 Å². The Bertz CT molecular complexity index is 325. The van der Waals surface area contributed by atoms with Gasteiger partial charge >= 0.3 is 0 Å². The van der Waals surface area contributed by atoms with Crippen LogP contribution >= 0.6 is 23.2 Å². The first-order valence-corrected chi connectivity index (χ1v) is 4.37. The van der Waals surface area contributed by atoms with E-state index in [4.69, 9.17) is 23.2 Å². The van der Waals surface area contributed by atoms with Gasteiger partial charge in [0.05, 0.1) is 17.3 Å². The summed E-state index contributed by atoms with van der Waals surface area (Å²) >= 11 is 11.3. The van der Waals surface area contributed by atoms with Gasteiger partial charge in [0.2, 0.25) is 0 Å². The molecule has 0 unspecified atom stereocenters. The second kappa shape index (κ2) is 4.49. The van der Waals surface area contributed by atoms with Crippen molar-refractivity contribution >= 4 is 28.9 Å². The largest absolute Gasteiger partial charge is 0.379 e. The number of nitrogens with one attached hydrogen (secondary N) is 1. The molecule has 1 nitrogen and oxygen atoms in total. The highest BCUT2D eigenvalue weighted by Gasteiger charge is 2.00. The first-order chi connectivity index (χ1) is 6.09. The molecule has 0 bridgehead atoms. The first kappa shape index (κ1) is 10.4. The lowest BCUT2D eigenvalue weighted by atomic mass is 10.3. The van der Waals surface area contributed by atoms with Crippen LogP contribution in [0.4, 0.5) is 10.1 Å². The van der Waals surface area contributed by atoms with Crippen molar-refractivity contribution in [2.45, 2.75) is 0 Å². The van der Waals surface area contributed by atoms with Crippen molar-refractivity contribution in [2.75, 3.05) is 11.9 Å². The monoisotopic (exact) mass is 219 g/mol. The molecule has 0 aliphatic carbocycles. The predicted molar refractivity (Wildman–Crippen MR) is 54.9 cm³/mol. The average Bonchev–Trinajstić information content (AvgIpc) is 2.06. The molecule has 0 saturated heterocycles. The molecule has 0 spiro atoms. The molecular formula is C9H8Cl2FN. The van der Waals surface area contributed by atoms with Gasteiger partial charge in [-0.25, -0.2) is 4.39 Å². The Morgan fingerprint density at radius 1 is 1.54 bits per heavy atom. The Labute approximate surface area is 86.2 Å². The van der Waals surface area contributed by atoms with E-state index in [1.54, 1.807) is 0 Å². The number of hydrogen-bond acceptors (Lipinski definition) is 1. The van der Waals surface area contributed by atoms with E-state index in [0.717, 1.165) is 0 Å². The predicted octanol–water partition coefficient (Wildman–Crippen LogP) is 3.64.